The number of carbonyl (C=O) groups excluding carboxylic acids is 1. The predicted octanol–water partition coefficient (Wildman–Crippen LogP) is -1.03. The van der Waals surface area contributed by atoms with Gasteiger partial charge in [0.15, 0.2) is 6.10 Å². The van der Waals surface area contributed by atoms with Crippen molar-refractivity contribution in [3.05, 3.63) is 0 Å². The Kier molecular flexibility index (Phi) is 6.63. The first-order valence-electron chi connectivity index (χ1n) is 5.98. The van der Waals surface area contributed by atoms with Crippen molar-refractivity contribution < 1.29 is 24.2 Å². The minimum Gasteiger partial charge on any atom is -0.479 e. The number of hydrogen-bond acceptors (Lipinski definition) is 5. The number of methoxy groups -OCH3 is 1. The molecule has 1 unspecified atom stereocenters. The van der Waals surface area contributed by atoms with E-state index >= 15 is 0 Å². The van der Waals surface area contributed by atoms with E-state index in [4.69, 9.17) is 14.6 Å². The van der Waals surface area contributed by atoms with Crippen molar-refractivity contribution in [2.75, 3.05) is 33.4 Å². The van der Waals surface area contributed by atoms with Crippen LogP contribution in [-0.2, 0) is 19.1 Å². The van der Waals surface area contributed by atoms with Gasteiger partial charge in [-0.25, -0.2) is 4.79 Å². The Labute approximate surface area is 106 Å². The van der Waals surface area contributed by atoms with Gasteiger partial charge in [0.25, 0.3) is 0 Å². The molecule has 0 aromatic heterocycles. The highest BCUT2D eigenvalue weighted by molar-refractivity contribution is 5.79. The number of amides is 1. The summed E-state index contributed by atoms with van der Waals surface area (Å²) in [4.78, 5) is 22.1. The highest BCUT2D eigenvalue weighted by Crippen LogP contribution is 2.06. The molecule has 1 saturated heterocycles. The number of aliphatic carboxylic acids is 1. The third-order valence-electron chi connectivity index (χ3n) is 2.78. The number of piperidine rings is 1. The van der Waals surface area contributed by atoms with Gasteiger partial charge in [0.2, 0.25) is 5.91 Å². The van der Waals surface area contributed by atoms with Gasteiger partial charge in [0.1, 0.15) is 6.61 Å². The van der Waals surface area contributed by atoms with Crippen LogP contribution >= 0.6 is 0 Å². The first-order valence-corrected chi connectivity index (χ1v) is 5.98. The molecule has 0 aromatic carbocycles. The Hall–Kier alpha value is -1.18. The normalized spacial score (nSPS) is 18.3. The number of hydrogen-bond donors (Lipinski definition) is 3. The van der Waals surface area contributed by atoms with Gasteiger partial charge < -0.3 is 25.2 Å². The van der Waals surface area contributed by atoms with Crippen LogP contribution in [0, 0.1) is 0 Å². The van der Waals surface area contributed by atoms with Gasteiger partial charge in [0, 0.05) is 7.11 Å². The monoisotopic (exact) mass is 260 g/mol. The Bertz CT molecular complexity index is 279. The zero-order valence-electron chi connectivity index (χ0n) is 10.5. The van der Waals surface area contributed by atoms with Crippen LogP contribution in [0.5, 0.6) is 0 Å². The van der Waals surface area contributed by atoms with E-state index in [-0.39, 0.29) is 25.2 Å². The lowest BCUT2D eigenvalue weighted by molar-refractivity contribution is -0.148. The van der Waals surface area contributed by atoms with Crippen LogP contribution < -0.4 is 10.6 Å². The smallest absolute Gasteiger partial charge is 0.334 e. The second-order valence-electron chi connectivity index (χ2n) is 4.13. The Morgan fingerprint density at radius 2 is 2.11 bits per heavy atom. The number of carbonyl (C=O) groups is 2. The summed E-state index contributed by atoms with van der Waals surface area (Å²) in [5.41, 5.74) is 0. The maximum atomic E-state index is 11.4. The van der Waals surface area contributed by atoms with E-state index in [0.717, 1.165) is 25.9 Å². The molecule has 1 atom stereocenters. The summed E-state index contributed by atoms with van der Waals surface area (Å²) < 4.78 is 10.1. The summed E-state index contributed by atoms with van der Waals surface area (Å²) >= 11 is 0. The lowest BCUT2D eigenvalue weighted by Crippen LogP contribution is -2.40. The van der Waals surface area contributed by atoms with Crippen molar-refractivity contribution in [3.63, 3.8) is 0 Å². The Balaban J connectivity index is 2.14. The minimum absolute atomic E-state index is 0.0410. The van der Waals surface area contributed by atoms with E-state index in [1.54, 1.807) is 0 Å². The molecule has 0 spiro atoms. The van der Waals surface area contributed by atoms with Gasteiger partial charge in [-0.1, -0.05) is 0 Å². The third kappa shape index (κ3) is 5.44. The molecule has 7 nitrogen and oxygen atoms in total. The van der Waals surface area contributed by atoms with Crippen LogP contribution in [0.4, 0.5) is 0 Å². The zero-order chi connectivity index (χ0) is 13.4. The van der Waals surface area contributed by atoms with E-state index in [9.17, 15) is 9.59 Å². The maximum Gasteiger partial charge on any atom is 0.334 e. The SMILES string of the molecule is COC(CNC(=O)COC1CCNCC1)C(=O)O. The van der Waals surface area contributed by atoms with Crippen molar-refractivity contribution in [1.82, 2.24) is 10.6 Å². The summed E-state index contributed by atoms with van der Waals surface area (Å²) in [6.45, 7) is 1.70. The number of carboxylic acids is 1. The zero-order valence-corrected chi connectivity index (χ0v) is 10.5. The molecule has 0 bridgehead atoms. The molecule has 7 heteroatoms. The van der Waals surface area contributed by atoms with Gasteiger partial charge in [-0.05, 0) is 25.9 Å². The second-order valence-corrected chi connectivity index (χ2v) is 4.13. The average molecular weight is 260 g/mol. The molecule has 1 amide bonds. The quantitative estimate of drug-likeness (QED) is 0.541. The van der Waals surface area contributed by atoms with E-state index < -0.39 is 12.1 Å². The lowest BCUT2D eigenvalue weighted by atomic mass is 10.1. The van der Waals surface area contributed by atoms with Crippen molar-refractivity contribution in [2.45, 2.75) is 25.0 Å². The molecule has 0 radical (unpaired) electrons. The molecule has 1 heterocycles. The van der Waals surface area contributed by atoms with E-state index in [2.05, 4.69) is 10.6 Å². The number of rotatable bonds is 7. The maximum absolute atomic E-state index is 11.4. The predicted molar refractivity (Wildman–Crippen MR) is 63.3 cm³/mol. The van der Waals surface area contributed by atoms with Crippen molar-refractivity contribution in [1.29, 1.82) is 0 Å². The highest BCUT2D eigenvalue weighted by Gasteiger charge is 2.18. The molecule has 3 N–H and O–H groups in total. The summed E-state index contributed by atoms with van der Waals surface area (Å²) in [5, 5.41) is 14.4. The summed E-state index contributed by atoms with van der Waals surface area (Å²) in [6, 6.07) is 0. The highest BCUT2D eigenvalue weighted by atomic mass is 16.5. The van der Waals surface area contributed by atoms with E-state index in [1.165, 1.54) is 7.11 Å². The van der Waals surface area contributed by atoms with Crippen LogP contribution in [0.15, 0.2) is 0 Å². The standard InChI is InChI=1S/C11H20N2O5/c1-17-9(11(15)16)6-13-10(14)7-18-8-2-4-12-5-3-8/h8-9,12H,2-7H2,1H3,(H,13,14)(H,15,16). The van der Waals surface area contributed by atoms with Crippen LogP contribution in [0.25, 0.3) is 0 Å². The van der Waals surface area contributed by atoms with Crippen LogP contribution in [0.3, 0.4) is 0 Å². The molecular weight excluding hydrogens is 240 g/mol. The molecule has 0 saturated carbocycles. The van der Waals surface area contributed by atoms with Gasteiger partial charge in [-0.3, -0.25) is 4.79 Å². The van der Waals surface area contributed by atoms with E-state index in [1.807, 2.05) is 0 Å². The number of carboxylic acid groups (broad SMARTS) is 1. The van der Waals surface area contributed by atoms with Crippen molar-refractivity contribution >= 4 is 11.9 Å². The molecule has 1 rings (SSSR count). The fourth-order valence-corrected chi connectivity index (χ4v) is 1.68. The number of nitrogens with one attached hydrogen (secondary N) is 2. The van der Waals surface area contributed by atoms with Crippen LogP contribution in [-0.4, -0.2) is 62.5 Å². The van der Waals surface area contributed by atoms with Crippen LogP contribution in [0.2, 0.25) is 0 Å². The van der Waals surface area contributed by atoms with Gasteiger partial charge in [-0.2, -0.15) is 0 Å². The van der Waals surface area contributed by atoms with Gasteiger partial charge in [-0.15, -0.1) is 0 Å². The molecule has 1 aliphatic rings. The van der Waals surface area contributed by atoms with Crippen molar-refractivity contribution in [3.8, 4) is 0 Å². The molecule has 1 fully saturated rings. The Morgan fingerprint density at radius 3 is 2.67 bits per heavy atom. The first kappa shape index (κ1) is 14.9. The first-order chi connectivity index (χ1) is 8.63. The fraction of sp³-hybridized carbons (Fsp3) is 0.818. The largest absolute Gasteiger partial charge is 0.479 e. The second kappa shape index (κ2) is 8.02. The molecule has 0 aliphatic carbocycles. The topological polar surface area (TPSA) is 96.9 Å². The van der Waals surface area contributed by atoms with E-state index in [0.29, 0.717) is 0 Å². The lowest BCUT2D eigenvalue weighted by Gasteiger charge is -2.22. The minimum atomic E-state index is -1.10. The van der Waals surface area contributed by atoms with Gasteiger partial charge in [0.05, 0.1) is 12.6 Å². The molecule has 1 aliphatic heterocycles. The fourth-order valence-electron chi connectivity index (χ4n) is 1.68. The molecule has 18 heavy (non-hydrogen) atoms. The van der Waals surface area contributed by atoms with Crippen molar-refractivity contribution in [2.24, 2.45) is 0 Å². The molecule has 104 valence electrons. The summed E-state index contributed by atoms with van der Waals surface area (Å²) in [6.07, 6.45) is 0.870. The third-order valence-corrected chi connectivity index (χ3v) is 2.78. The van der Waals surface area contributed by atoms with Crippen LogP contribution in [0.1, 0.15) is 12.8 Å². The summed E-state index contributed by atoms with van der Waals surface area (Å²) in [7, 11) is 1.29. The molecular formula is C11H20N2O5. The van der Waals surface area contributed by atoms with Gasteiger partial charge >= 0.3 is 5.97 Å². The summed E-state index contributed by atoms with van der Waals surface area (Å²) in [5.74, 6) is -1.42. The number of ether oxygens (including phenoxy) is 2. The average Bonchev–Trinajstić information content (AvgIpc) is 2.38. The molecule has 0 aromatic rings. The Morgan fingerprint density at radius 1 is 1.44 bits per heavy atom.